The van der Waals surface area contributed by atoms with Crippen molar-refractivity contribution < 1.29 is 36.9 Å². The molecule has 2 N–H and O–H groups in total. The molecule has 0 spiro atoms. The first-order chi connectivity index (χ1) is 19.4. The van der Waals surface area contributed by atoms with Crippen LogP contribution in [0.5, 0.6) is 0 Å². The number of esters is 1. The maximum absolute atomic E-state index is 13.7. The van der Waals surface area contributed by atoms with Gasteiger partial charge in [0.15, 0.2) is 6.29 Å². The third-order valence-electron chi connectivity index (χ3n) is 6.29. The van der Waals surface area contributed by atoms with Crippen LogP contribution in [0.25, 0.3) is 17.3 Å². The Morgan fingerprint density at radius 3 is 2.41 bits per heavy atom. The lowest BCUT2D eigenvalue weighted by atomic mass is 9.97. The first-order valence-electron chi connectivity index (χ1n) is 13.9. The molecule has 0 amide bonds. The summed E-state index contributed by atoms with van der Waals surface area (Å²) in [5.41, 5.74) is 1.67. The first-order valence-corrected chi connectivity index (χ1v) is 15.4. The van der Waals surface area contributed by atoms with E-state index in [1.54, 1.807) is 26.8 Å². The molecule has 1 aromatic heterocycles. The molecule has 1 aliphatic rings. The number of sulfonamides is 1. The lowest BCUT2D eigenvalue weighted by molar-refractivity contribution is -0.198. The van der Waals surface area contributed by atoms with Crippen molar-refractivity contribution in [1.29, 1.82) is 0 Å². The van der Waals surface area contributed by atoms with E-state index in [0.29, 0.717) is 30.0 Å². The molecule has 2 unspecified atom stereocenters. The number of carbonyl (C=O) groups excluding carboxylic acids is 1. The van der Waals surface area contributed by atoms with E-state index >= 15 is 0 Å². The van der Waals surface area contributed by atoms with E-state index in [0.717, 1.165) is 6.42 Å². The third-order valence-corrected chi connectivity index (χ3v) is 7.62. The van der Waals surface area contributed by atoms with Gasteiger partial charge in [-0.1, -0.05) is 46.8 Å². The van der Waals surface area contributed by atoms with Crippen molar-refractivity contribution in [3.63, 3.8) is 0 Å². The molecule has 1 aliphatic heterocycles. The van der Waals surface area contributed by atoms with Crippen molar-refractivity contribution in [1.82, 2.24) is 14.7 Å². The van der Waals surface area contributed by atoms with E-state index in [2.05, 4.69) is 14.7 Å². The highest BCUT2D eigenvalue weighted by molar-refractivity contribution is 7.89. The van der Waals surface area contributed by atoms with E-state index in [4.69, 9.17) is 14.2 Å². The van der Waals surface area contributed by atoms with Gasteiger partial charge in [0.05, 0.1) is 36.6 Å². The minimum absolute atomic E-state index is 0.0782. The number of hydrogen-bond donors (Lipinski definition) is 2. The van der Waals surface area contributed by atoms with Gasteiger partial charge in [0, 0.05) is 30.5 Å². The second-order valence-electron chi connectivity index (χ2n) is 10.5. The lowest BCUT2D eigenvalue weighted by Crippen LogP contribution is -2.33. The van der Waals surface area contributed by atoms with Crippen LogP contribution < -0.4 is 4.72 Å². The molecule has 2 heterocycles. The molecule has 2 aromatic rings. The highest BCUT2D eigenvalue weighted by Crippen LogP contribution is 2.31. The first kappa shape index (κ1) is 32.7. The van der Waals surface area contributed by atoms with Gasteiger partial charge in [-0.2, -0.15) is 0 Å². The van der Waals surface area contributed by atoms with Crippen LogP contribution in [0.4, 0.5) is 4.39 Å². The zero-order valence-corrected chi connectivity index (χ0v) is 25.0. The zero-order valence-electron chi connectivity index (χ0n) is 24.2. The average molecular weight is 594 g/mol. The molecule has 1 aromatic carbocycles. The highest BCUT2D eigenvalue weighted by Gasteiger charge is 2.27. The van der Waals surface area contributed by atoms with Crippen molar-refractivity contribution in [3.05, 3.63) is 47.4 Å². The van der Waals surface area contributed by atoms with Gasteiger partial charge >= 0.3 is 5.97 Å². The van der Waals surface area contributed by atoms with Gasteiger partial charge < -0.3 is 19.3 Å². The molecule has 41 heavy (non-hydrogen) atoms. The zero-order chi connectivity index (χ0) is 30.2. The van der Waals surface area contributed by atoms with Crippen LogP contribution in [0.15, 0.2) is 35.5 Å². The molecule has 0 bridgehead atoms. The highest BCUT2D eigenvalue weighted by atomic mass is 32.2. The Balaban J connectivity index is 1.98. The molecule has 1 saturated heterocycles. The number of benzene rings is 1. The number of aromatic nitrogens is 2. The smallest absolute Gasteiger partial charge is 0.308 e. The SMILES string of the molecule is CCNS(=O)(=O)c1nc(-c2ccc(F)cc2)c(/C=C/C(O)CC(CC2OCCCO2)OC(=O)C(C)C)c(C(C)C)n1. The van der Waals surface area contributed by atoms with Gasteiger partial charge in [0.2, 0.25) is 0 Å². The van der Waals surface area contributed by atoms with E-state index in [9.17, 15) is 22.7 Å². The van der Waals surface area contributed by atoms with Crippen LogP contribution in [0.3, 0.4) is 0 Å². The van der Waals surface area contributed by atoms with Crippen molar-refractivity contribution in [3.8, 4) is 11.3 Å². The minimum Gasteiger partial charge on any atom is -0.462 e. The van der Waals surface area contributed by atoms with Crippen molar-refractivity contribution in [2.75, 3.05) is 19.8 Å². The molecular weight excluding hydrogens is 553 g/mol. The monoisotopic (exact) mass is 593 g/mol. The molecule has 226 valence electrons. The number of hydrogen-bond acceptors (Lipinski definition) is 9. The number of aliphatic hydroxyl groups is 1. The second kappa shape index (κ2) is 14.9. The molecule has 10 nitrogen and oxygen atoms in total. The number of ether oxygens (including phenoxy) is 3. The van der Waals surface area contributed by atoms with Crippen LogP contribution in [0, 0.1) is 11.7 Å². The number of halogens is 1. The summed E-state index contributed by atoms with van der Waals surface area (Å²) in [4.78, 5) is 21.1. The lowest BCUT2D eigenvalue weighted by Gasteiger charge is -2.28. The Bertz CT molecular complexity index is 1290. The van der Waals surface area contributed by atoms with E-state index in [1.807, 2.05) is 13.8 Å². The summed E-state index contributed by atoms with van der Waals surface area (Å²) < 4.78 is 58.7. The van der Waals surface area contributed by atoms with Crippen LogP contribution in [0.1, 0.15) is 71.1 Å². The third kappa shape index (κ3) is 9.37. The fraction of sp³-hybridized carbons (Fsp3) is 0.552. The van der Waals surface area contributed by atoms with Gasteiger partial charge in [-0.3, -0.25) is 4.79 Å². The van der Waals surface area contributed by atoms with Gasteiger partial charge in [0.25, 0.3) is 15.2 Å². The van der Waals surface area contributed by atoms with Crippen LogP contribution in [-0.2, 0) is 29.0 Å². The maximum atomic E-state index is 13.7. The Morgan fingerprint density at radius 1 is 1.17 bits per heavy atom. The van der Waals surface area contributed by atoms with Gasteiger partial charge in [-0.05, 0) is 36.6 Å². The summed E-state index contributed by atoms with van der Waals surface area (Å²) in [5, 5.41) is 10.6. The molecular formula is C29H40FN3O7S. The number of carbonyl (C=O) groups is 1. The molecule has 3 rings (SSSR count). The fourth-order valence-electron chi connectivity index (χ4n) is 4.21. The molecule has 0 radical (unpaired) electrons. The van der Waals surface area contributed by atoms with Crippen LogP contribution in [0.2, 0.25) is 0 Å². The number of nitrogens with one attached hydrogen (secondary N) is 1. The van der Waals surface area contributed by atoms with E-state index in [1.165, 1.54) is 30.3 Å². The Kier molecular flexibility index (Phi) is 11.9. The number of rotatable bonds is 13. The molecule has 12 heteroatoms. The van der Waals surface area contributed by atoms with E-state index in [-0.39, 0.29) is 36.9 Å². The Morgan fingerprint density at radius 2 is 1.83 bits per heavy atom. The standard InChI is InChI=1S/C29H40FN3O7S/c1-6-31-41(36,37)29-32-26(18(2)3)24(27(33-29)20-8-10-21(30)11-9-20)13-12-22(34)16-23(40-28(35)19(4)5)17-25-38-14-7-15-39-25/h8-13,18-19,22-23,25,31,34H,6-7,14-17H2,1-5H3/b13-12+. The van der Waals surface area contributed by atoms with Gasteiger partial charge in [-0.15, -0.1) is 0 Å². The summed E-state index contributed by atoms with van der Waals surface area (Å²) in [7, 11) is -3.99. The fourth-order valence-corrected chi connectivity index (χ4v) is 5.15. The molecule has 0 saturated carbocycles. The average Bonchev–Trinajstić information content (AvgIpc) is 2.92. The molecule has 0 aliphatic carbocycles. The summed E-state index contributed by atoms with van der Waals surface area (Å²) in [6, 6.07) is 5.53. The van der Waals surface area contributed by atoms with Gasteiger partial charge in [-0.25, -0.2) is 27.5 Å². The number of aliphatic hydroxyl groups excluding tert-OH is 1. The Hall–Kier alpha value is -2.77. The van der Waals surface area contributed by atoms with E-state index < -0.39 is 45.5 Å². The minimum atomic E-state index is -3.99. The normalized spacial score (nSPS) is 16.4. The summed E-state index contributed by atoms with van der Waals surface area (Å²) in [6.07, 6.45) is 2.01. The van der Waals surface area contributed by atoms with Gasteiger partial charge in [0.1, 0.15) is 11.9 Å². The summed E-state index contributed by atoms with van der Waals surface area (Å²) in [6.45, 7) is 10.1. The predicted molar refractivity (Wildman–Crippen MR) is 152 cm³/mol. The van der Waals surface area contributed by atoms with Crippen LogP contribution in [-0.4, -0.2) is 67.7 Å². The topological polar surface area (TPSA) is 137 Å². The maximum Gasteiger partial charge on any atom is 0.308 e. The van der Waals surface area contributed by atoms with Crippen molar-refractivity contribution >= 4 is 22.1 Å². The second-order valence-corrected chi connectivity index (χ2v) is 12.1. The number of nitrogens with zero attached hydrogens (tertiary/aromatic N) is 2. The summed E-state index contributed by atoms with van der Waals surface area (Å²) >= 11 is 0. The molecule has 2 atom stereocenters. The van der Waals surface area contributed by atoms with Crippen LogP contribution >= 0.6 is 0 Å². The van der Waals surface area contributed by atoms with Crippen molar-refractivity contribution in [2.24, 2.45) is 5.92 Å². The largest absolute Gasteiger partial charge is 0.462 e. The summed E-state index contributed by atoms with van der Waals surface area (Å²) in [5.74, 6) is -1.41. The molecule has 1 fully saturated rings. The predicted octanol–water partition coefficient (Wildman–Crippen LogP) is 4.19. The quantitative estimate of drug-likeness (QED) is 0.259. The Labute approximate surface area is 241 Å². The van der Waals surface area contributed by atoms with Crippen molar-refractivity contribution in [2.45, 2.75) is 83.5 Å².